The molecule has 0 bridgehead atoms. The van der Waals surface area contributed by atoms with Crippen LogP contribution in [0.2, 0.25) is 0 Å². The molecule has 1 atom stereocenters. The van der Waals surface area contributed by atoms with E-state index in [2.05, 4.69) is 22.2 Å². The first-order valence-electron chi connectivity index (χ1n) is 5.10. The number of nitrogen functional groups attached to an aromatic ring is 1. The predicted molar refractivity (Wildman–Crippen MR) is 64.0 cm³/mol. The van der Waals surface area contributed by atoms with Crippen LogP contribution in [0.5, 0.6) is 0 Å². The number of thioether (sulfide) groups is 1. The zero-order valence-corrected chi connectivity index (χ0v) is 9.90. The van der Waals surface area contributed by atoms with E-state index in [0.717, 1.165) is 29.2 Å². The number of aryl methyl sites for hydroxylation is 1. The van der Waals surface area contributed by atoms with Gasteiger partial charge in [-0.3, -0.25) is 0 Å². The van der Waals surface area contributed by atoms with Crippen LogP contribution in [-0.2, 0) is 0 Å². The average Bonchev–Trinajstić information content (AvgIpc) is 2.24. The van der Waals surface area contributed by atoms with Gasteiger partial charge in [-0.25, -0.2) is 9.97 Å². The van der Waals surface area contributed by atoms with E-state index in [1.807, 2.05) is 18.7 Å². The monoisotopic (exact) mass is 224 g/mol. The highest BCUT2D eigenvalue weighted by Gasteiger charge is 2.19. The summed E-state index contributed by atoms with van der Waals surface area (Å²) in [6, 6.07) is 0.327. The summed E-state index contributed by atoms with van der Waals surface area (Å²) in [5.41, 5.74) is 8.88. The number of rotatable bonds is 1. The standard InChI is InChI=1S/C10H16N4S/c1-6-7(2)13-10(11)14-9(6)8-5-15-4-3-12-8/h8,12H,3-5H2,1-2H3,(H2,11,13,14). The van der Waals surface area contributed by atoms with Crippen LogP contribution in [0.1, 0.15) is 23.0 Å². The molecule has 15 heavy (non-hydrogen) atoms. The number of aromatic nitrogens is 2. The zero-order valence-electron chi connectivity index (χ0n) is 9.08. The Morgan fingerprint density at radius 1 is 1.40 bits per heavy atom. The molecule has 82 valence electrons. The molecule has 1 aliphatic heterocycles. The molecule has 0 aliphatic carbocycles. The van der Waals surface area contributed by atoms with E-state index >= 15 is 0 Å². The smallest absolute Gasteiger partial charge is 0.220 e. The summed E-state index contributed by atoms with van der Waals surface area (Å²) in [7, 11) is 0. The SMILES string of the molecule is Cc1nc(N)nc(C2CSCCN2)c1C. The summed E-state index contributed by atoms with van der Waals surface area (Å²) >= 11 is 1.95. The molecule has 0 spiro atoms. The first-order valence-corrected chi connectivity index (χ1v) is 6.25. The van der Waals surface area contributed by atoms with Crippen LogP contribution in [0.25, 0.3) is 0 Å². The summed E-state index contributed by atoms with van der Waals surface area (Å²) in [4.78, 5) is 8.51. The zero-order chi connectivity index (χ0) is 10.8. The van der Waals surface area contributed by atoms with Crippen molar-refractivity contribution in [2.24, 2.45) is 0 Å². The highest BCUT2D eigenvalue weighted by molar-refractivity contribution is 7.99. The topological polar surface area (TPSA) is 63.8 Å². The lowest BCUT2D eigenvalue weighted by atomic mass is 10.1. The number of nitrogens with one attached hydrogen (secondary N) is 1. The maximum Gasteiger partial charge on any atom is 0.220 e. The number of nitrogens with zero attached hydrogens (tertiary/aromatic N) is 2. The van der Waals surface area contributed by atoms with Crippen LogP contribution in [0.4, 0.5) is 5.95 Å². The molecule has 1 saturated heterocycles. The van der Waals surface area contributed by atoms with E-state index in [9.17, 15) is 0 Å². The third kappa shape index (κ3) is 2.23. The molecule has 1 aromatic heterocycles. The largest absolute Gasteiger partial charge is 0.368 e. The van der Waals surface area contributed by atoms with Crippen molar-refractivity contribution in [1.29, 1.82) is 0 Å². The second-order valence-electron chi connectivity index (χ2n) is 3.76. The molecule has 4 nitrogen and oxygen atoms in total. The van der Waals surface area contributed by atoms with Gasteiger partial charge in [0.1, 0.15) is 0 Å². The Balaban J connectivity index is 2.33. The van der Waals surface area contributed by atoms with Gasteiger partial charge < -0.3 is 11.1 Å². The van der Waals surface area contributed by atoms with Gasteiger partial charge in [-0.2, -0.15) is 11.8 Å². The van der Waals surface area contributed by atoms with Crippen molar-refractivity contribution in [2.45, 2.75) is 19.9 Å². The first-order chi connectivity index (χ1) is 7.18. The number of anilines is 1. The lowest BCUT2D eigenvalue weighted by molar-refractivity contribution is 0.576. The normalized spacial score (nSPS) is 21.6. The Bertz CT molecular complexity index is 361. The van der Waals surface area contributed by atoms with Gasteiger partial charge in [0, 0.05) is 23.7 Å². The van der Waals surface area contributed by atoms with E-state index in [-0.39, 0.29) is 0 Å². The van der Waals surface area contributed by atoms with Crippen LogP contribution in [0.15, 0.2) is 0 Å². The maximum absolute atomic E-state index is 5.68. The highest BCUT2D eigenvalue weighted by atomic mass is 32.2. The van der Waals surface area contributed by atoms with Crippen molar-refractivity contribution in [3.05, 3.63) is 17.0 Å². The van der Waals surface area contributed by atoms with Crippen LogP contribution in [-0.4, -0.2) is 28.0 Å². The van der Waals surface area contributed by atoms with Crippen molar-refractivity contribution in [3.63, 3.8) is 0 Å². The van der Waals surface area contributed by atoms with Gasteiger partial charge in [0.25, 0.3) is 0 Å². The van der Waals surface area contributed by atoms with Crippen LogP contribution < -0.4 is 11.1 Å². The van der Waals surface area contributed by atoms with Gasteiger partial charge in [0.15, 0.2) is 0 Å². The second kappa shape index (κ2) is 4.37. The molecular formula is C10H16N4S. The summed E-state index contributed by atoms with van der Waals surface area (Å²) in [6.45, 7) is 5.08. The first kappa shape index (κ1) is 10.7. The lowest BCUT2D eigenvalue weighted by Crippen LogP contribution is -2.32. The molecule has 1 fully saturated rings. The van der Waals surface area contributed by atoms with E-state index in [4.69, 9.17) is 5.73 Å². The minimum atomic E-state index is 0.327. The number of hydrogen-bond acceptors (Lipinski definition) is 5. The van der Waals surface area contributed by atoms with Gasteiger partial charge in [-0.1, -0.05) is 0 Å². The minimum absolute atomic E-state index is 0.327. The maximum atomic E-state index is 5.68. The Morgan fingerprint density at radius 3 is 2.87 bits per heavy atom. The Hall–Kier alpha value is -0.810. The van der Waals surface area contributed by atoms with Gasteiger partial charge in [-0.05, 0) is 19.4 Å². The molecular weight excluding hydrogens is 208 g/mol. The van der Waals surface area contributed by atoms with Crippen LogP contribution in [0, 0.1) is 13.8 Å². The van der Waals surface area contributed by atoms with Crippen LogP contribution >= 0.6 is 11.8 Å². The van der Waals surface area contributed by atoms with Gasteiger partial charge in [0.2, 0.25) is 5.95 Å². The summed E-state index contributed by atoms with van der Waals surface area (Å²) in [6.07, 6.45) is 0. The number of hydrogen-bond donors (Lipinski definition) is 2. The molecule has 0 saturated carbocycles. The Kier molecular flexibility index (Phi) is 3.11. The quantitative estimate of drug-likeness (QED) is 0.746. The summed E-state index contributed by atoms with van der Waals surface area (Å²) in [5, 5.41) is 3.46. The van der Waals surface area contributed by atoms with Crippen molar-refractivity contribution >= 4 is 17.7 Å². The number of nitrogens with two attached hydrogens (primary N) is 1. The Morgan fingerprint density at radius 2 is 2.20 bits per heavy atom. The molecule has 0 aromatic carbocycles. The molecule has 2 rings (SSSR count). The molecule has 1 aromatic rings. The lowest BCUT2D eigenvalue weighted by Gasteiger charge is -2.24. The molecule has 2 heterocycles. The van der Waals surface area contributed by atoms with Crippen LogP contribution in [0.3, 0.4) is 0 Å². The van der Waals surface area contributed by atoms with Crippen molar-refractivity contribution in [1.82, 2.24) is 15.3 Å². The molecule has 3 N–H and O–H groups in total. The van der Waals surface area contributed by atoms with Gasteiger partial charge >= 0.3 is 0 Å². The van der Waals surface area contributed by atoms with E-state index < -0.39 is 0 Å². The predicted octanol–water partition coefficient (Wildman–Crippen LogP) is 1.05. The minimum Gasteiger partial charge on any atom is -0.368 e. The van der Waals surface area contributed by atoms with Crippen molar-refractivity contribution < 1.29 is 0 Å². The van der Waals surface area contributed by atoms with E-state index in [0.29, 0.717) is 12.0 Å². The fourth-order valence-corrected chi connectivity index (χ4v) is 2.69. The fourth-order valence-electron chi connectivity index (χ4n) is 1.75. The molecule has 1 aliphatic rings. The van der Waals surface area contributed by atoms with Crippen molar-refractivity contribution in [2.75, 3.05) is 23.8 Å². The van der Waals surface area contributed by atoms with Gasteiger partial charge in [0.05, 0.1) is 11.7 Å². The average molecular weight is 224 g/mol. The summed E-state index contributed by atoms with van der Waals surface area (Å²) < 4.78 is 0. The molecule has 0 radical (unpaired) electrons. The highest BCUT2D eigenvalue weighted by Crippen LogP contribution is 2.24. The second-order valence-corrected chi connectivity index (χ2v) is 4.91. The fraction of sp³-hybridized carbons (Fsp3) is 0.600. The molecule has 0 amide bonds. The van der Waals surface area contributed by atoms with E-state index in [1.54, 1.807) is 0 Å². The van der Waals surface area contributed by atoms with E-state index in [1.165, 1.54) is 5.75 Å². The molecule has 5 heteroatoms. The third-order valence-electron chi connectivity index (χ3n) is 2.70. The molecule has 1 unspecified atom stereocenters. The van der Waals surface area contributed by atoms with Gasteiger partial charge in [-0.15, -0.1) is 0 Å². The summed E-state index contributed by atoms with van der Waals surface area (Å²) in [5.74, 6) is 2.62. The Labute approximate surface area is 94.1 Å². The third-order valence-corrected chi connectivity index (χ3v) is 3.76. The van der Waals surface area contributed by atoms with Crippen molar-refractivity contribution in [3.8, 4) is 0 Å².